The number of nitrogens with one attached hydrogen (secondary N) is 3. The van der Waals surface area contributed by atoms with Gasteiger partial charge >= 0.3 is 0 Å². The maximum Gasteiger partial charge on any atom is 0.286 e. The van der Waals surface area contributed by atoms with Crippen LogP contribution in [0.3, 0.4) is 0 Å². The summed E-state index contributed by atoms with van der Waals surface area (Å²) in [5, 5.41) is 23.0. The Hall–Kier alpha value is -4.99. The van der Waals surface area contributed by atoms with E-state index >= 15 is 0 Å². The van der Waals surface area contributed by atoms with Crippen LogP contribution in [0.1, 0.15) is 21.6 Å². The largest absolute Gasteiger partial charge is 0.350 e. The normalized spacial score (nSPS) is 10.6. The summed E-state index contributed by atoms with van der Waals surface area (Å²) in [6.07, 6.45) is 0. The van der Waals surface area contributed by atoms with E-state index in [1.165, 1.54) is 18.2 Å². The number of amides is 1. The molecule has 0 unspecified atom stereocenters. The third-order valence-electron chi connectivity index (χ3n) is 5.36. The number of nitro groups is 2. The summed E-state index contributed by atoms with van der Waals surface area (Å²) in [5.41, 5.74) is 8.24. The average molecular weight is 457 g/mol. The number of hydrogen-bond acceptors (Lipinski definition) is 6. The number of aromatic nitrogens is 1. The van der Waals surface area contributed by atoms with Crippen LogP contribution in [0.5, 0.6) is 0 Å². The number of H-pyrrole nitrogens is 1. The van der Waals surface area contributed by atoms with Gasteiger partial charge in [0.15, 0.2) is 0 Å². The van der Waals surface area contributed by atoms with Crippen LogP contribution in [0.15, 0.2) is 73.3 Å². The molecule has 10 heteroatoms. The van der Waals surface area contributed by atoms with Crippen molar-refractivity contribution in [3.8, 4) is 11.1 Å². The topological polar surface area (TPSA) is 143 Å². The highest BCUT2D eigenvalue weighted by Crippen LogP contribution is 2.34. The molecule has 0 spiro atoms. The number of non-ortho nitro benzene ring substituents is 1. The zero-order valence-corrected chi connectivity index (χ0v) is 18.0. The van der Waals surface area contributed by atoms with Crippen LogP contribution in [0.4, 0.5) is 11.4 Å². The molecule has 1 heterocycles. The molecule has 0 saturated heterocycles. The SMILES string of the molecule is C=C(NNC(=O)c1[nH]c2ccc([N+](=O)[O-])cc2c1-c1ccccc1)c1ccc(C)c([N+](=O)[O-])c1. The Balaban J connectivity index is 1.66. The molecule has 0 aliphatic heterocycles. The van der Waals surface area contributed by atoms with E-state index in [2.05, 4.69) is 22.4 Å². The number of hydrazine groups is 1. The third-order valence-corrected chi connectivity index (χ3v) is 5.36. The number of benzene rings is 3. The molecule has 0 fully saturated rings. The molecular weight excluding hydrogens is 438 g/mol. The lowest BCUT2D eigenvalue weighted by molar-refractivity contribution is -0.385. The molecule has 0 aliphatic carbocycles. The standard InChI is InChI=1S/C24H19N5O5/c1-14-8-9-17(12-21(14)29(33)34)15(2)26-27-24(30)23-22(16-6-4-3-5-7-16)19-13-18(28(31)32)10-11-20(19)25-23/h3-13,25-26H,2H2,1H3,(H,27,30). The Kier molecular flexibility index (Phi) is 5.79. The maximum atomic E-state index is 13.1. The van der Waals surface area contributed by atoms with E-state index in [4.69, 9.17) is 0 Å². The molecule has 1 aromatic heterocycles. The second-order valence-corrected chi connectivity index (χ2v) is 7.54. The van der Waals surface area contributed by atoms with Crippen LogP contribution in [-0.2, 0) is 0 Å². The second-order valence-electron chi connectivity index (χ2n) is 7.54. The number of carbonyl (C=O) groups excluding carboxylic acids is 1. The molecule has 1 amide bonds. The maximum absolute atomic E-state index is 13.1. The predicted molar refractivity (Wildman–Crippen MR) is 128 cm³/mol. The summed E-state index contributed by atoms with van der Waals surface area (Å²) in [4.78, 5) is 37.7. The first-order chi connectivity index (χ1) is 16.3. The molecule has 0 radical (unpaired) electrons. The van der Waals surface area contributed by atoms with Gasteiger partial charge in [0.1, 0.15) is 5.69 Å². The van der Waals surface area contributed by atoms with E-state index in [-0.39, 0.29) is 22.8 Å². The van der Waals surface area contributed by atoms with Gasteiger partial charge in [0, 0.05) is 45.8 Å². The fourth-order valence-corrected chi connectivity index (χ4v) is 3.63. The van der Waals surface area contributed by atoms with Gasteiger partial charge in [-0.05, 0) is 18.6 Å². The van der Waals surface area contributed by atoms with Gasteiger partial charge in [-0.25, -0.2) is 0 Å². The summed E-state index contributed by atoms with van der Waals surface area (Å²) in [6.45, 7) is 5.47. The minimum Gasteiger partial charge on any atom is -0.350 e. The average Bonchev–Trinajstić information content (AvgIpc) is 3.21. The number of fused-ring (bicyclic) bond motifs is 1. The fourth-order valence-electron chi connectivity index (χ4n) is 3.63. The Morgan fingerprint density at radius 1 is 0.941 bits per heavy atom. The van der Waals surface area contributed by atoms with Crippen LogP contribution >= 0.6 is 0 Å². The van der Waals surface area contributed by atoms with E-state index in [0.717, 1.165) is 0 Å². The highest BCUT2D eigenvalue weighted by molar-refractivity contribution is 6.10. The van der Waals surface area contributed by atoms with Gasteiger partial charge in [-0.15, -0.1) is 0 Å². The molecule has 34 heavy (non-hydrogen) atoms. The number of hydrogen-bond donors (Lipinski definition) is 3. The van der Waals surface area contributed by atoms with Gasteiger partial charge in [-0.3, -0.25) is 35.9 Å². The lowest BCUT2D eigenvalue weighted by atomic mass is 10.0. The van der Waals surface area contributed by atoms with E-state index < -0.39 is 15.8 Å². The van der Waals surface area contributed by atoms with Crippen molar-refractivity contribution in [1.82, 2.24) is 15.8 Å². The minimum absolute atomic E-state index is 0.0599. The number of nitrogens with zero attached hydrogens (tertiary/aromatic N) is 2. The van der Waals surface area contributed by atoms with Crippen molar-refractivity contribution in [1.29, 1.82) is 0 Å². The highest BCUT2D eigenvalue weighted by Gasteiger charge is 2.21. The lowest BCUT2D eigenvalue weighted by Crippen LogP contribution is -2.36. The summed E-state index contributed by atoms with van der Waals surface area (Å²) in [7, 11) is 0. The van der Waals surface area contributed by atoms with Gasteiger partial charge in [-0.2, -0.15) is 0 Å². The van der Waals surface area contributed by atoms with Crippen LogP contribution in [0, 0.1) is 27.2 Å². The van der Waals surface area contributed by atoms with Crippen molar-refractivity contribution in [2.24, 2.45) is 0 Å². The molecule has 0 bridgehead atoms. The van der Waals surface area contributed by atoms with Gasteiger partial charge in [0.25, 0.3) is 17.3 Å². The number of aromatic amines is 1. The third kappa shape index (κ3) is 4.19. The van der Waals surface area contributed by atoms with Crippen LogP contribution in [0.25, 0.3) is 27.7 Å². The second kappa shape index (κ2) is 8.87. The molecule has 0 aliphatic rings. The first-order valence-electron chi connectivity index (χ1n) is 10.1. The Morgan fingerprint density at radius 2 is 1.68 bits per heavy atom. The van der Waals surface area contributed by atoms with Crippen molar-refractivity contribution < 1.29 is 14.6 Å². The van der Waals surface area contributed by atoms with Crippen molar-refractivity contribution >= 4 is 33.9 Å². The summed E-state index contributed by atoms with van der Waals surface area (Å²) in [5.74, 6) is -0.541. The first-order valence-corrected chi connectivity index (χ1v) is 10.1. The molecule has 4 aromatic rings. The monoisotopic (exact) mass is 457 g/mol. The fraction of sp³-hybridized carbons (Fsp3) is 0.0417. The molecule has 3 N–H and O–H groups in total. The Bertz CT molecular complexity index is 1460. The zero-order valence-electron chi connectivity index (χ0n) is 18.0. The smallest absolute Gasteiger partial charge is 0.286 e. The van der Waals surface area contributed by atoms with E-state index in [1.807, 2.05) is 6.07 Å². The molecule has 4 rings (SSSR count). The summed E-state index contributed by atoms with van der Waals surface area (Å²) < 4.78 is 0. The van der Waals surface area contributed by atoms with Gasteiger partial charge in [0.2, 0.25) is 0 Å². The zero-order chi connectivity index (χ0) is 24.4. The minimum atomic E-state index is -0.541. The number of carbonyl (C=O) groups is 1. The first kappa shape index (κ1) is 22.2. The van der Waals surface area contributed by atoms with Crippen molar-refractivity contribution in [2.45, 2.75) is 6.92 Å². The van der Waals surface area contributed by atoms with Crippen LogP contribution in [0.2, 0.25) is 0 Å². The Labute approximate surface area is 193 Å². The van der Waals surface area contributed by atoms with E-state index in [0.29, 0.717) is 33.2 Å². The molecule has 0 saturated carbocycles. The summed E-state index contributed by atoms with van der Waals surface area (Å²) >= 11 is 0. The number of rotatable bonds is 7. The van der Waals surface area contributed by atoms with Crippen LogP contribution < -0.4 is 10.9 Å². The number of nitro benzene ring substituents is 2. The van der Waals surface area contributed by atoms with Crippen molar-refractivity contribution in [2.75, 3.05) is 0 Å². The molecule has 3 aromatic carbocycles. The lowest BCUT2D eigenvalue weighted by Gasteiger charge is -2.12. The van der Waals surface area contributed by atoms with Crippen LogP contribution in [-0.4, -0.2) is 20.7 Å². The van der Waals surface area contributed by atoms with E-state index in [9.17, 15) is 25.0 Å². The molecule has 10 nitrogen and oxygen atoms in total. The van der Waals surface area contributed by atoms with Gasteiger partial charge in [-0.1, -0.05) is 49.0 Å². The summed E-state index contributed by atoms with van der Waals surface area (Å²) in [6, 6.07) is 18.0. The van der Waals surface area contributed by atoms with E-state index in [1.54, 1.807) is 49.4 Å². The predicted octanol–water partition coefficient (Wildman–Crippen LogP) is 4.87. The molecule has 170 valence electrons. The Morgan fingerprint density at radius 3 is 2.35 bits per heavy atom. The van der Waals surface area contributed by atoms with Crippen molar-refractivity contribution in [3.63, 3.8) is 0 Å². The highest BCUT2D eigenvalue weighted by atomic mass is 16.6. The quantitative estimate of drug-likeness (QED) is 0.267. The van der Waals surface area contributed by atoms with Crippen molar-refractivity contribution in [3.05, 3.63) is 110 Å². The molecule has 0 atom stereocenters. The molecular formula is C24H19N5O5. The van der Waals surface area contributed by atoms with Gasteiger partial charge in [0.05, 0.1) is 15.5 Å². The van der Waals surface area contributed by atoms with Gasteiger partial charge < -0.3 is 4.98 Å². The number of aryl methyl sites for hydroxylation is 1.